The maximum absolute atomic E-state index is 13.3. The van der Waals surface area contributed by atoms with Gasteiger partial charge in [0.05, 0.1) is 0 Å². The van der Waals surface area contributed by atoms with Crippen LogP contribution in [-0.4, -0.2) is 24.7 Å². The van der Waals surface area contributed by atoms with E-state index in [0.29, 0.717) is 18.4 Å². The molecule has 0 saturated carbocycles. The molecule has 136 valence electrons. The molecular weight excluding hydrogens is 432 g/mol. The smallest absolute Gasteiger partial charge is 0.191 e. The van der Waals surface area contributed by atoms with Gasteiger partial charge in [-0.3, -0.25) is 4.99 Å². The number of phenols is 1. The van der Waals surface area contributed by atoms with E-state index < -0.39 is 5.82 Å². The first-order chi connectivity index (χ1) is 11.5. The zero-order chi connectivity index (χ0) is 17.5. The summed E-state index contributed by atoms with van der Waals surface area (Å²) in [5, 5.41) is 15.6. The monoisotopic (exact) mass is 457 g/mol. The molecule has 0 saturated heterocycles. The normalized spacial score (nSPS) is 12.2. The molecule has 2 aromatic rings. The number of nitrogens with zero attached hydrogens (tertiary/aromatic N) is 1. The van der Waals surface area contributed by atoms with Crippen LogP contribution < -0.4 is 10.6 Å². The Bertz CT molecular complexity index is 704. The molecule has 0 spiro atoms. The van der Waals surface area contributed by atoms with Crippen molar-refractivity contribution >= 4 is 29.9 Å². The zero-order valence-electron chi connectivity index (χ0n) is 14.7. The van der Waals surface area contributed by atoms with Crippen LogP contribution in [0.2, 0.25) is 0 Å². The van der Waals surface area contributed by atoms with Gasteiger partial charge in [-0.2, -0.15) is 0 Å². The van der Waals surface area contributed by atoms with Crippen LogP contribution in [0.4, 0.5) is 4.39 Å². The third kappa shape index (κ3) is 6.53. The summed E-state index contributed by atoms with van der Waals surface area (Å²) >= 11 is 0. The van der Waals surface area contributed by atoms with Crippen molar-refractivity contribution in [2.45, 2.75) is 26.3 Å². The maximum Gasteiger partial charge on any atom is 0.191 e. The standard InChI is InChI=1S/C19H24FN3O.HI/c1-13-4-7-16(8-5-13)14(2)11-22-19(21-3)23-12-15-6-9-18(24)17(20)10-15;/h4-10,14,24H,11-12H2,1-3H3,(H2,21,22,23);1H. The Morgan fingerprint density at radius 1 is 1.16 bits per heavy atom. The van der Waals surface area contributed by atoms with Crippen LogP contribution in [0.3, 0.4) is 0 Å². The van der Waals surface area contributed by atoms with Crippen molar-refractivity contribution in [2.75, 3.05) is 13.6 Å². The quantitative estimate of drug-likeness (QED) is 0.363. The van der Waals surface area contributed by atoms with Crippen LogP contribution in [0, 0.1) is 12.7 Å². The van der Waals surface area contributed by atoms with Gasteiger partial charge in [-0.1, -0.05) is 42.8 Å². The molecule has 6 heteroatoms. The summed E-state index contributed by atoms with van der Waals surface area (Å²) in [6.07, 6.45) is 0. The molecule has 1 unspecified atom stereocenters. The molecule has 0 aliphatic rings. The van der Waals surface area contributed by atoms with Crippen molar-refractivity contribution in [3.05, 3.63) is 65.0 Å². The minimum absolute atomic E-state index is 0. The summed E-state index contributed by atoms with van der Waals surface area (Å²) in [5.74, 6) is 0.0381. The largest absolute Gasteiger partial charge is 0.505 e. The third-order valence-corrected chi connectivity index (χ3v) is 3.92. The van der Waals surface area contributed by atoms with E-state index in [9.17, 15) is 9.50 Å². The number of hydrogen-bond donors (Lipinski definition) is 3. The predicted molar refractivity (Wildman–Crippen MR) is 111 cm³/mol. The Hall–Kier alpha value is -1.83. The number of rotatable bonds is 5. The lowest BCUT2D eigenvalue weighted by atomic mass is 10.0. The Balaban J connectivity index is 0.00000312. The maximum atomic E-state index is 13.3. The van der Waals surface area contributed by atoms with Crippen molar-refractivity contribution < 1.29 is 9.50 Å². The van der Waals surface area contributed by atoms with Gasteiger partial charge in [0.25, 0.3) is 0 Å². The Labute approximate surface area is 165 Å². The molecule has 2 rings (SSSR count). The van der Waals surface area contributed by atoms with E-state index in [4.69, 9.17) is 0 Å². The molecule has 1 atom stereocenters. The van der Waals surface area contributed by atoms with Crippen molar-refractivity contribution in [1.29, 1.82) is 0 Å². The highest BCUT2D eigenvalue weighted by molar-refractivity contribution is 14.0. The van der Waals surface area contributed by atoms with Crippen molar-refractivity contribution in [2.24, 2.45) is 4.99 Å². The predicted octanol–water partition coefficient (Wildman–Crippen LogP) is 3.93. The molecule has 0 radical (unpaired) electrons. The number of aliphatic imine (C=N–C) groups is 1. The number of phenolic OH excluding ortho intramolecular Hbond substituents is 1. The Morgan fingerprint density at radius 3 is 2.44 bits per heavy atom. The van der Waals surface area contributed by atoms with E-state index in [-0.39, 0.29) is 29.7 Å². The molecule has 3 N–H and O–H groups in total. The lowest BCUT2D eigenvalue weighted by Crippen LogP contribution is -2.38. The van der Waals surface area contributed by atoms with Crippen molar-refractivity contribution in [1.82, 2.24) is 10.6 Å². The first-order valence-corrected chi connectivity index (χ1v) is 7.98. The van der Waals surface area contributed by atoms with Crippen molar-refractivity contribution in [3.63, 3.8) is 0 Å². The Morgan fingerprint density at radius 2 is 1.84 bits per heavy atom. The minimum atomic E-state index is -0.620. The fourth-order valence-corrected chi connectivity index (χ4v) is 2.33. The average molecular weight is 457 g/mol. The van der Waals surface area contributed by atoms with E-state index >= 15 is 0 Å². The van der Waals surface area contributed by atoms with E-state index in [1.54, 1.807) is 13.1 Å². The van der Waals surface area contributed by atoms with Gasteiger partial charge in [0.15, 0.2) is 17.5 Å². The number of benzene rings is 2. The fraction of sp³-hybridized carbons (Fsp3) is 0.316. The van der Waals surface area contributed by atoms with E-state index in [2.05, 4.69) is 53.7 Å². The second kappa shape index (κ2) is 10.2. The molecule has 0 aliphatic heterocycles. The summed E-state index contributed by atoms with van der Waals surface area (Å²) in [6.45, 7) is 5.40. The van der Waals surface area contributed by atoms with Gasteiger partial charge in [0.1, 0.15) is 0 Å². The second-order valence-electron chi connectivity index (χ2n) is 5.90. The second-order valence-corrected chi connectivity index (χ2v) is 5.90. The zero-order valence-corrected chi connectivity index (χ0v) is 17.0. The number of aromatic hydroxyl groups is 1. The average Bonchev–Trinajstić information content (AvgIpc) is 2.58. The highest BCUT2D eigenvalue weighted by atomic mass is 127. The molecule has 0 aromatic heterocycles. The van der Waals surface area contributed by atoms with Gasteiger partial charge >= 0.3 is 0 Å². The molecule has 0 heterocycles. The molecule has 4 nitrogen and oxygen atoms in total. The molecule has 0 fully saturated rings. The summed E-state index contributed by atoms with van der Waals surface area (Å²) in [5.41, 5.74) is 3.25. The first kappa shape index (κ1) is 21.2. The molecular formula is C19H25FIN3O. The third-order valence-electron chi connectivity index (χ3n) is 3.92. The SMILES string of the molecule is CN=C(NCc1ccc(O)c(F)c1)NCC(C)c1ccc(C)cc1.I. The molecule has 25 heavy (non-hydrogen) atoms. The van der Waals surface area contributed by atoms with Gasteiger partial charge in [-0.05, 0) is 36.1 Å². The van der Waals surface area contributed by atoms with E-state index in [1.165, 1.54) is 23.3 Å². The van der Waals surface area contributed by atoms with Gasteiger partial charge in [0, 0.05) is 20.1 Å². The lowest BCUT2D eigenvalue weighted by molar-refractivity contribution is 0.431. The molecule has 0 bridgehead atoms. The summed E-state index contributed by atoms with van der Waals surface area (Å²) < 4.78 is 13.3. The number of guanidine groups is 1. The van der Waals surface area contributed by atoms with Crippen molar-refractivity contribution in [3.8, 4) is 5.75 Å². The van der Waals surface area contributed by atoms with Gasteiger partial charge < -0.3 is 15.7 Å². The Kier molecular flexibility index (Phi) is 8.68. The number of aryl methyl sites for hydroxylation is 1. The first-order valence-electron chi connectivity index (χ1n) is 7.98. The highest BCUT2D eigenvalue weighted by Gasteiger charge is 2.07. The molecule has 2 aromatic carbocycles. The molecule has 0 amide bonds. The fourth-order valence-electron chi connectivity index (χ4n) is 2.33. The van der Waals surface area contributed by atoms with Crippen LogP contribution >= 0.6 is 24.0 Å². The summed E-state index contributed by atoms with van der Waals surface area (Å²) in [4.78, 5) is 4.17. The van der Waals surface area contributed by atoms with Crippen LogP contribution in [-0.2, 0) is 6.54 Å². The van der Waals surface area contributed by atoms with Gasteiger partial charge in [-0.25, -0.2) is 4.39 Å². The summed E-state index contributed by atoms with van der Waals surface area (Å²) in [7, 11) is 1.70. The van der Waals surface area contributed by atoms with Crippen LogP contribution in [0.25, 0.3) is 0 Å². The number of nitrogens with one attached hydrogen (secondary N) is 2. The van der Waals surface area contributed by atoms with Gasteiger partial charge in [0.2, 0.25) is 0 Å². The molecule has 0 aliphatic carbocycles. The van der Waals surface area contributed by atoms with Crippen LogP contribution in [0.5, 0.6) is 5.75 Å². The van der Waals surface area contributed by atoms with E-state index in [0.717, 1.165) is 12.1 Å². The van der Waals surface area contributed by atoms with Crippen LogP contribution in [0.1, 0.15) is 29.5 Å². The number of halogens is 2. The van der Waals surface area contributed by atoms with Crippen LogP contribution in [0.15, 0.2) is 47.5 Å². The summed E-state index contributed by atoms with van der Waals surface area (Å²) in [6, 6.07) is 12.8. The number of hydrogen-bond acceptors (Lipinski definition) is 2. The van der Waals surface area contributed by atoms with E-state index in [1.807, 2.05) is 0 Å². The highest BCUT2D eigenvalue weighted by Crippen LogP contribution is 2.16. The topological polar surface area (TPSA) is 56.7 Å². The van der Waals surface area contributed by atoms with Gasteiger partial charge in [-0.15, -0.1) is 24.0 Å². The lowest BCUT2D eigenvalue weighted by Gasteiger charge is -2.16. The minimum Gasteiger partial charge on any atom is -0.505 e.